The van der Waals surface area contributed by atoms with Crippen molar-refractivity contribution < 1.29 is 14.3 Å². The van der Waals surface area contributed by atoms with Crippen LogP contribution in [-0.2, 0) is 14.3 Å². The number of hydrogen-bond acceptors (Lipinski definition) is 4. The van der Waals surface area contributed by atoms with Crippen molar-refractivity contribution in [1.29, 1.82) is 0 Å². The highest BCUT2D eigenvalue weighted by Gasteiger charge is 2.20. The van der Waals surface area contributed by atoms with Crippen LogP contribution in [0.25, 0.3) is 0 Å². The second-order valence-corrected chi connectivity index (χ2v) is 4.64. The number of hydrogen-bond donors (Lipinski definition) is 1. The van der Waals surface area contributed by atoms with Crippen molar-refractivity contribution in [1.82, 2.24) is 5.32 Å². The van der Waals surface area contributed by atoms with Crippen molar-refractivity contribution in [3.63, 3.8) is 0 Å². The molecule has 0 aliphatic carbocycles. The van der Waals surface area contributed by atoms with E-state index in [2.05, 4.69) is 26.0 Å². The number of alkyl halides is 1. The number of thioether (sulfide) groups is 1. The van der Waals surface area contributed by atoms with E-state index < -0.39 is 6.04 Å². The van der Waals surface area contributed by atoms with E-state index in [1.54, 1.807) is 11.8 Å². The van der Waals surface area contributed by atoms with Gasteiger partial charge in [0.1, 0.15) is 6.04 Å². The Morgan fingerprint density at radius 2 is 2.20 bits per heavy atom. The maximum Gasteiger partial charge on any atom is 0.328 e. The third-order valence-electron chi connectivity index (χ3n) is 1.75. The third-order valence-corrected chi connectivity index (χ3v) is 2.79. The summed E-state index contributed by atoms with van der Waals surface area (Å²) >= 11 is 4.80. The molecule has 0 radical (unpaired) electrons. The van der Waals surface area contributed by atoms with Gasteiger partial charge in [-0.15, -0.1) is 0 Å². The van der Waals surface area contributed by atoms with Crippen LogP contribution in [0.2, 0.25) is 0 Å². The van der Waals surface area contributed by atoms with Gasteiger partial charge in [-0.2, -0.15) is 11.8 Å². The van der Waals surface area contributed by atoms with Crippen LogP contribution in [0, 0.1) is 0 Å². The Balaban J connectivity index is 4.11. The topological polar surface area (TPSA) is 55.4 Å². The molecular formula is C9H16BrNO3S. The van der Waals surface area contributed by atoms with Crippen molar-refractivity contribution >= 4 is 39.6 Å². The number of carbonyl (C=O) groups is 2. The first-order valence-electron chi connectivity index (χ1n) is 4.57. The molecule has 0 aromatic heterocycles. The summed E-state index contributed by atoms with van der Waals surface area (Å²) in [4.78, 5) is 22.6. The molecule has 0 fully saturated rings. The summed E-state index contributed by atoms with van der Waals surface area (Å²) in [5.41, 5.74) is 0. The lowest BCUT2D eigenvalue weighted by Crippen LogP contribution is -2.42. The second-order valence-electron chi connectivity index (χ2n) is 2.86. The van der Waals surface area contributed by atoms with Crippen molar-refractivity contribution in [2.45, 2.75) is 18.9 Å². The van der Waals surface area contributed by atoms with Gasteiger partial charge >= 0.3 is 5.97 Å². The highest BCUT2D eigenvalue weighted by atomic mass is 79.9. The van der Waals surface area contributed by atoms with Gasteiger partial charge in [0, 0.05) is 11.8 Å². The number of methoxy groups -OCH3 is 1. The highest BCUT2D eigenvalue weighted by molar-refractivity contribution is 9.09. The lowest BCUT2D eigenvalue weighted by atomic mass is 10.2. The molecule has 88 valence electrons. The SMILES string of the molecule is COC(=O)C(CCSC)NC(=O)CCBr. The molecule has 0 heterocycles. The molecule has 4 nitrogen and oxygen atoms in total. The van der Waals surface area contributed by atoms with E-state index in [0.29, 0.717) is 18.2 Å². The van der Waals surface area contributed by atoms with E-state index in [0.717, 1.165) is 5.75 Å². The zero-order valence-electron chi connectivity index (χ0n) is 8.92. The average molecular weight is 298 g/mol. The van der Waals surface area contributed by atoms with Gasteiger partial charge < -0.3 is 10.1 Å². The molecule has 0 saturated heterocycles. The summed E-state index contributed by atoms with van der Waals surface area (Å²) in [6.45, 7) is 0. The first-order valence-corrected chi connectivity index (χ1v) is 7.09. The predicted molar refractivity (Wildman–Crippen MR) is 65.4 cm³/mol. The maximum absolute atomic E-state index is 11.3. The number of amides is 1. The van der Waals surface area contributed by atoms with Crippen LogP contribution in [0.1, 0.15) is 12.8 Å². The Bertz CT molecular complexity index is 214. The van der Waals surface area contributed by atoms with E-state index in [-0.39, 0.29) is 11.9 Å². The lowest BCUT2D eigenvalue weighted by Gasteiger charge is -2.15. The minimum atomic E-state index is -0.519. The van der Waals surface area contributed by atoms with Crippen LogP contribution in [0.15, 0.2) is 0 Å². The van der Waals surface area contributed by atoms with E-state index in [4.69, 9.17) is 0 Å². The van der Waals surface area contributed by atoms with Gasteiger partial charge in [-0.1, -0.05) is 15.9 Å². The molecule has 0 aliphatic rings. The maximum atomic E-state index is 11.3. The molecule has 0 aliphatic heterocycles. The molecular weight excluding hydrogens is 282 g/mol. The van der Waals surface area contributed by atoms with Crippen LogP contribution < -0.4 is 5.32 Å². The number of esters is 1. The molecule has 15 heavy (non-hydrogen) atoms. The average Bonchev–Trinajstić information content (AvgIpc) is 2.23. The summed E-state index contributed by atoms with van der Waals surface area (Å²) < 4.78 is 4.61. The smallest absolute Gasteiger partial charge is 0.328 e. The first-order chi connectivity index (χ1) is 7.15. The molecule has 0 bridgehead atoms. The normalized spacial score (nSPS) is 11.9. The van der Waals surface area contributed by atoms with Crippen LogP contribution in [0.5, 0.6) is 0 Å². The number of ether oxygens (including phenoxy) is 1. The van der Waals surface area contributed by atoms with Gasteiger partial charge in [-0.25, -0.2) is 4.79 Å². The van der Waals surface area contributed by atoms with Crippen LogP contribution >= 0.6 is 27.7 Å². The number of rotatable bonds is 7. The summed E-state index contributed by atoms with van der Waals surface area (Å²) in [5, 5.41) is 3.24. The lowest BCUT2D eigenvalue weighted by molar-refractivity contribution is -0.145. The van der Waals surface area contributed by atoms with Crippen molar-refractivity contribution in [3.05, 3.63) is 0 Å². The molecule has 0 aromatic rings. The van der Waals surface area contributed by atoms with E-state index >= 15 is 0 Å². The van der Waals surface area contributed by atoms with E-state index in [1.165, 1.54) is 7.11 Å². The van der Waals surface area contributed by atoms with Crippen molar-refractivity contribution in [3.8, 4) is 0 Å². The Morgan fingerprint density at radius 1 is 1.53 bits per heavy atom. The molecule has 1 unspecified atom stereocenters. The van der Waals surface area contributed by atoms with Gasteiger partial charge in [0.15, 0.2) is 0 Å². The van der Waals surface area contributed by atoms with Gasteiger partial charge in [-0.3, -0.25) is 4.79 Å². The number of carbonyl (C=O) groups excluding carboxylic acids is 2. The Morgan fingerprint density at radius 3 is 2.67 bits per heavy atom. The largest absolute Gasteiger partial charge is 0.467 e. The summed E-state index contributed by atoms with van der Waals surface area (Å²) in [6.07, 6.45) is 2.92. The Kier molecular flexibility index (Phi) is 8.89. The molecule has 0 saturated carbocycles. The van der Waals surface area contributed by atoms with Crippen molar-refractivity contribution in [2.75, 3.05) is 24.4 Å². The van der Waals surface area contributed by atoms with Crippen LogP contribution in [0.4, 0.5) is 0 Å². The van der Waals surface area contributed by atoms with Gasteiger partial charge in [-0.05, 0) is 18.4 Å². The monoisotopic (exact) mass is 297 g/mol. The predicted octanol–water partition coefficient (Wildman–Crippen LogP) is 1.18. The standard InChI is InChI=1S/C9H16BrNO3S/c1-14-9(13)7(4-6-15-2)11-8(12)3-5-10/h7H,3-6H2,1-2H3,(H,11,12). The van der Waals surface area contributed by atoms with Gasteiger partial charge in [0.25, 0.3) is 0 Å². The minimum absolute atomic E-state index is 0.136. The molecule has 1 amide bonds. The van der Waals surface area contributed by atoms with Crippen LogP contribution in [-0.4, -0.2) is 42.4 Å². The quantitative estimate of drug-likeness (QED) is 0.566. The summed E-state index contributed by atoms with van der Waals surface area (Å²) in [6, 6.07) is -0.519. The first kappa shape index (κ1) is 14.8. The fraction of sp³-hybridized carbons (Fsp3) is 0.778. The Labute approximate surface area is 103 Å². The number of halogens is 1. The molecule has 1 atom stereocenters. The summed E-state index contributed by atoms with van der Waals surface area (Å²) in [7, 11) is 1.32. The summed E-state index contributed by atoms with van der Waals surface area (Å²) in [5.74, 6) is 0.296. The van der Waals surface area contributed by atoms with Gasteiger partial charge in [0.05, 0.1) is 7.11 Å². The third kappa shape index (κ3) is 6.78. The Hall–Kier alpha value is -0.230. The van der Waals surface area contributed by atoms with E-state index in [9.17, 15) is 9.59 Å². The zero-order chi connectivity index (χ0) is 11.7. The fourth-order valence-corrected chi connectivity index (χ4v) is 1.81. The fourth-order valence-electron chi connectivity index (χ4n) is 0.979. The molecule has 0 aromatic carbocycles. The van der Waals surface area contributed by atoms with Crippen LogP contribution in [0.3, 0.4) is 0 Å². The van der Waals surface area contributed by atoms with E-state index in [1.807, 2.05) is 6.26 Å². The minimum Gasteiger partial charge on any atom is -0.467 e. The molecule has 6 heteroatoms. The second kappa shape index (κ2) is 9.03. The number of nitrogens with one attached hydrogen (secondary N) is 1. The molecule has 1 N–H and O–H groups in total. The highest BCUT2D eigenvalue weighted by Crippen LogP contribution is 2.03. The van der Waals surface area contributed by atoms with Crippen molar-refractivity contribution in [2.24, 2.45) is 0 Å². The molecule has 0 rings (SSSR count). The zero-order valence-corrected chi connectivity index (χ0v) is 11.3. The van der Waals surface area contributed by atoms with Gasteiger partial charge in [0.2, 0.25) is 5.91 Å². The molecule has 0 spiro atoms.